The van der Waals surface area contributed by atoms with E-state index in [0.29, 0.717) is 0 Å². The molecule has 0 saturated carbocycles. The summed E-state index contributed by atoms with van der Waals surface area (Å²) >= 11 is 5.06. The summed E-state index contributed by atoms with van der Waals surface area (Å²) in [6.07, 6.45) is 1.98. The molecule has 0 bridgehead atoms. The number of anilines is 3. The van der Waals surface area contributed by atoms with E-state index in [1.54, 1.807) is 0 Å². The van der Waals surface area contributed by atoms with Crippen molar-refractivity contribution in [3.8, 4) is 0 Å². The Morgan fingerprint density at radius 2 is 1.71 bits per heavy atom. The predicted octanol–water partition coefficient (Wildman–Crippen LogP) is 4.75. The summed E-state index contributed by atoms with van der Waals surface area (Å²) in [6.45, 7) is 7.06. The maximum atomic E-state index is 4.52. The van der Waals surface area contributed by atoms with E-state index in [4.69, 9.17) is 0 Å². The highest BCUT2D eigenvalue weighted by molar-refractivity contribution is 9.10. The lowest BCUT2D eigenvalue weighted by Crippen LogP contribution is -2.04. The number of hydrogen-bond donors (Lipinski definition) is 2. The fraction of sp³-hybridized carbons (Fsp3) is 0.333. The molecule has 0 radical (unpaired) electrons. The summed E-state index contributed by atoms with van der Waals surface area (Å²) in [5.74, 6) is 1.64. The molecule has 2 rings (SSSR count). The van der Waals surface area contributed by atoms with Gasteiger partial charge in [-0.2, -0.15) is 0 Å². The van der Waals surface area contributed by atoms with E-state index in [-0.39, 0.29) is 0 Å². The zero-order valence-electron chi connectivity index (χ0n) is 12.6. The number of nitrogens with zero attached hydrogens (tertiary/aromatic N) is 2. The van der Waals surface area contributed by atoms with Crippen LogP contribution in [0.5, 0.6) is 0 Å². The molecule has 6 heteroatoms. The molecule has 0 fully saturated rings. The first-order valence-corrected chi connectivity index (χ1v) is 8.76. The molecule has 0 unspecified atom stereocenters. The van der Waals surface area contributed by atoms with Gasteiger partial charge < -0.3 is 10.6 Å². The van der Waals surface area contributed by atoms with Crippen LogP contribution in [0.3, 0.4) is 0 Å². The summed E-state index contributed by atoms with van der Waals surface area (Å²) in [4.78, 5) is 8.96. The summed E-state index contributed by atoms with van der Waals surface area (Å²) in [5.41, 5.74) is 3.44. The first kappa shape index (κ1) is 16.1. The van der Waals surface area contributed by atoms with Crippen LogP contribution >= 0.6 is 27.7 Å². The fourth-order valence-electron chi connectivity index (χ4n) is 2.09. The number of rotatable bonds is 5. The van der Waals surface area contributed by atoms with Crippen LogP contribution in [0.15, 0.2) is 27.8 Å². The maximum Gasteiger partial charge on any atom is 0.191 e. The number of thioether (sulfide) groups is 1. The van der Waals surface area contributed by atoms with Crippen LogP contribution < -0.4 is 10.6 Å². The standard InChI is InChI=1S/C15H19BrN4S/c1-5-17-12-8-13(20-15(19-12)21-4)18-14-9(2)6-11(16)7-10(14)3/h6-8H,5H2,1-4H3,(H2,17,18,19,20). The van der Waals surface area contributed by atoms with E-state index in [1.165, 1.54) is 22.9 Å². The molecule has 0 aliphatic carbocycles. The number of aromatic nitrogens is 2. The summed E-state index contributed by atoms with van der Waals surface area (Å²) in [7, 11) is 0. The van der Waals surface area contributed by atoms with E-state index in [9.17, 15) is 0 Å². The van der Waals surface area contributed by atoms with Crippen molar-refractivity contribution in [2.75, 3.05) is 23.4 Å². The van der Waals surface area contributed by atoms with Gasteiger partial charge in [-0.15, -0.1) is 0 Å². The highest BCUT2D eigenvalue weighted by Gasteiger charge is 2.08. The molecule has 112 valence electrons. The molecule has 0 amide bonds. The van der Waals surface area contributed by atoms with E-state index < -0.39 is 0 Å². The van der Waals surface area contributed by atoms with Gasteiger partial charge in [0.2, 0.25) is 0 Å². The molecular weight excluding hydrogens is 348 g/mol. The van der Waals surface area contributed by atoms with Crippen LogP contribution in [0.1, 0.15) is 18.1 Å². The largest absolute Gasteiger partial charge is 0.370 e. The van der Waals surface area contributed by atoms with E-state index >= 15 is 0 Å². The second-order valence-corrected chi connectivity index (χ2v) is 6.38. The van der Waals surface area contributed by atoms with Gasteiger partial charge in [0.25, 0.3) is 0 Å². The van der Waals surface area contributed by atoms with Crippen LogP contribution in [-0.4, -0.2) is 22.8 Å². The third kappa shape index (κ3) is 4.11. The van der Waals surface area contributed by atoms with Gasteiger partial charge in [-0.1, -0.05) is 27.7 Å². The van der Waals surface area contributed by atoms with E-state index in [2.05, 4.69) is 69.4 Å². The molecule has 0 aliphatic heterocycles. The van der Waals surface area contributed by atoms with E-state index in [1.807, 2.05) is 12.3 Å². The highest BCUT2D eigenvalue weighted by atomic mass is 79.9. The molecule has 0 atom stereocenters. The zero-order chi connectivity index (χ0) is 15.4. The number of hydrogen-bond acceptors (Lipinski definition) is 5. The van der Waals surface area contributed by atoms with Crippen LogP contribution in [0.2, 0.25) is 0 Å². The Balaban J connectivity index is 2.37. The molecule has 1 aromatic carbocycles. The number of nitrogens with one attached hydrogen (secondary N) is 2. The third-order valence-electron chi connectivity index (χ3n) is 3.00. The highest BCUT2D eigenvalue weighted by Crippen LogP contribution is 2.28. The van der Waals surface area contributed by atoms with Crippen molar-refractivity contribution in [2.45, 2.75) is 25.9 Å². The van der Waals surface area contributed by atoms with Crippen molar-refractivity contribution in [1.29, 1.82) is 0 Å². The number of benzene rings is 1. The molecular formula is C15H19BrN4S. The van der Waals surface area contributed by atoms with Crippen LogP contribution in [0, 0.1) is 13.8 Å². The molecule has 21 heavy (non-hydrogen) atoms. The Kier molecular flexibility index (Phi) is 5.47. The van der Waals surface area contributed by atoms with Crippen LogP contribution in [0.25, 0.3) is 0 Å². The molecule has 0 spiro atoms. The minimum absolute atomic E-state index is 0.753. The predicted molar refractivity (Wildman–Crippen MR) is 94.9 cm³/mol. The molecule has 1 heterocycles. The van der Waals surface area contributed by atoms with Gasteiger partial charge in [0.05, 0.1) is 0 Å². The van der Waals surface area contributed by atoms with Gasteiger partial charge in [-0.25, -0.2) is 9.97 Å². The zero-order valence-corrected chi connectivity index (χ0v) is 15.0. The number of aryl methyl sites for hydroxylation is 2. The Morgan fingerprint density at radius 1 is 1.10 bits per heavy atom. The van der Waals surface area contributed by atoms with Crippen molar-refractivity contribution < 1.29 is 0 Å². The first-order valence-electron chi connectivity index (χ1n) is 6.74. The van der Waals surface area contributed by atoms with Crippen molar-refractivity contribution in [3.63, 3.8) is 0 Å². The minimum atomic E-state index is 0.753. The van der Waals surface area contributed by atoms with Gasteiger partial charge in [0, 0.05) is 22.8 Å². The van der Waals surface area contributed by atoms with Crippen LogP contribution in [-0.2, 0) is 0 Å². The fourth-order valence-corrected chi connectivity index (χ4v) is 3.15. The summed E-state index contributed by atoms with van der Waals surface area (Å²) in [5, 5.41) is 7.40. The lowest BCUT2D eigenvalue weighted by atomic mass is 10.1. The van der Waals surface area contributed by atoms with Gasteiger partial charge in [0.1, 0.15) is 11.6 Å². The smallest absolute Gasteiger partial charge is 0.191 e. The van der Waals surface area contributed by atoms with Crippen molar-refractivity contribution >= 4 is 45.0 Å². The topological polar surface area (TPSA) is 49.8 Å². The lowest BCUT2D eigenvalue weighted by Gasteiger charge is -2.14. The van der Waals surface area contributed by atoms with Gasteiger partial charge in [0.15, 0.2) is 5.16 Å². The third-order valence-corrected chi connectivity index (χ3v) is 4.00. The van der Waals surface area contributed by atoms with E-state index in [0.717, 1.165) is 33.5 Å². The monoisotopic (exact) mass is 366 g/mol. The molecule has 2 N–H and O–H groups in total. The average molecular weight is 367 g/mol. The molecule has 0 aliphatic rings. The molecule has 1 aromatic heterocycles. The van der Waals surface area contributed by atoms with Gasteiger partial charge in [-0.3, -0.25) is 0 Å². The Morgan fingerprint density at radius 3 is 2.29 bits per heavy atom. The van der Waals surface area contributed by atoms with Crippen molar-refractivity contribution in [1.82, 2.24) is 9.97 Å². The molecule has 4 nitrogen and oxygen atoms in total. The number of halogens is 1. The van der Waals surface area contributed by atoms with Gasteiger partial charge >= 0.3 is 0 Å². The maximum absolute atomic E-state index is 4.52. The molecule has 2 aromatic rings. The summed E-state index contributed by atoms with van der Waals surface area (Å²) in [6, 6.07) is 6.12. The second kappa shape index (κ2) is 7.13. The first-order chi connectivity index (χ1) is 10.0. The average Bonchev–Trinajstić information content (AvgIpc) is 2.43. The molecule has 0 saturated heterocycles. The van der Waals surface area contributed by atoms with Gasteiger partial charge in [-0.05, 0) is 50.3 Å². The second-order valence-electron chi connectivity index (χ2n) is 4.70. The Labute approximate surface area is 138 Å². The summed E-state index contributed by atoms with van der Waals surface area (Å²) < 4.78 is 1.09. The Bertz CT molecular complexity index is 623. The normalized spacial score (nSPS) is 10.5. The quantitative estimate of drug-likeness (QED) is 0.590. The lowest BCUT2D eigenvalue weighted by molar-refractivity contribution is 0.966. The Hall–Kier alpha value is -1.27. The minimum Gasteiger partial charge on any atom is -0.370 e. The van der Waals surface area contributed by atoms with Crippen LogP contribution in [0.4, 0.5) is 17.3 Å². The SMILES string of the molecule is CCNc1cc(Nc2c(C)cc(Br)cc2C)nc(SC)n1. The van der Waals surface area contributed by atoms with Crippen molar-refractivity contribution in [2.24, 2.45) is 0 Å². The van der Waals surface area contributed by atoms with Crippen molar-refractivity contribution in [3.05, 3.63) is 33.8 Å².